The lowest BCUT2D eigenvalue weighted by atomic mass is 9.91. The SMILES string of the molecule is NC[C@@H](c1ccccc1)c1c[nH]c2ccccc12. The quantitative estimate of drug-likeness (QED) is 0.720. The Morgan fingerprint density at radius 1 is 0.944 bits per heavy atom. The molecule has 90 valence electrons. The Labute approximate surface area is 106 Å². The third-order valence-electron chi connectivity index (χ3n) is 3.43. The monoisotopic (exact) mass is 236 g/mol. The number of nitrogens with one attached hydrogen (secondary N) is 1. The van der Waals surface area contributed by atoms with Crippen LogP contribution in [0, 0.1) is 0 Å². The Morgan fingerprint density at radius 2 is 1.67 bits per heavy atom. The zero-order valence-corrected chi connectivity index (χ0v) is 10.1. The maximum absolute atomic E-state index is 5.97. The average molecular weight is 236 g/mol. The minimum Gasteiger partial charge on any atom is -0.361 e. The summed E-state index contributed by atoms with van der Waals surface area (Å²) in [5, 5.41) is 1.26. The van der Waals surface area contributed by atoms with Crippen LogP contribution in [0.25, 0.3) is 10.9 Å². The smallest absolute Gasteiger partial charge is 0.0457 e. The number of para-hydroxylation sites is 1. The van der Waals surface area contributed by atoms with Crippen molar-refractivity contribution in [1.82, 2.24) is 4.98 Å². The van der Waals surface area contributed by atoms with Gasteiger partial charge in [0.15, 0.2) is 0 Å². The molecule has 0 saturated heterocycles. The van der Waals surface area contributed by atoms with Crippen LogP contribution in [0.2, 0.25) is 0 Å². The van der Waals surface area contributed by atoms with E-state index in [4.69, 9.17) is 5.73 Å². The summed E-state index contributed by atoms with van der Waals surface area (Å²) in [6.45, 7) is 0.617. The fraction of sp³-hybridized carbons (Fsp3) is 0.125. The van der Waals surface area contributed by atoms with E-state index in [2.05, 4.69) is 53.6 Å². The summed E-state index contributed by atoms with van der Waals surface area (Å²) in [6, 6.07) is 18.8. The van der Waals surface area contributed by atoms with Gasteiger partial charge in [0.25, 0.3) is 0 Å². The van der Waals surface area contributed by atoms with Crippen LogP contribution < -0.4 is 5.73 Å². The van der Waals surface area contributed by atoms with Crippen molar-refractivity contribution >= 4 is 10.9 Å². The largest absolute Gasteiger partial charge is 0.361 e. The highest BCUT2D eigenvalue weighted by Gasteiger charge is 2.15. The van der Waals surface area contributed by atoms with Gasteiger partial charge in [-0.25, -0.2) is 0 Å². The van der Waals surface area contributed by atoms with Gasteiger partial charge in [0, 0.05) is 29.6 Å². The minimum absolute atomic E-state index is 0.252. The molecule has 0 aliphatic rings. The number of benzene rings is 2. The number of fused-ring (bicyclic) bond motifs is 1. The van der Waals surface area contributed by atoms with Crippen LogP contribution in [0.5, 0.6) is 0 Å². The highest BCUT2D eigenvalue weighted by atomic mass is 14.7. The number of aromatic nitrogens is 1. The molecule has 18 heavy (non-hydrogen) atoms. The predicted octanol–water partition coefficient (Wildman–Crippen LogP) is 3.26. The third-order valence-corrected chi connectivity index (χ3v) is 3.43. The summed E-state index contributed by atoms with van der Waals surface area (Å²) in [5.41, 5.74) is 9.69. The topological polar surface area (TPSA) is 41.8 Å². The summed E-state index contributed by atoms with van der Waals surface area (Å²) in [7, 11) is 0. The van der Waals surface area contributed by atoms with Gasteiger partial charge in [-0.05, 0) is 17.2 Å². The molecule has 0 aliphatic heterocycles. The molecule has 0 aliphatic carbocycles. The normalized spacial score (nSPS) is 12.7. The highest BCUT2D eigenvalue weighted by Crippen LogP contribution is 2.29. The second-order valence-electron chi connectivity index (χ2n) is 4.49. The zero-order valence-electron chi connectivity index (χ0n) is 10.1. The number of hydrogen-bond donors (Lipinski definition) is 2. The Kier molecular flexibility index (Phi) is 2.87. The van der Waals surface area contributed by atoms with Gasteiger partial charge in [-0.2, -0.15) is 0 Å². The van der Waals surface area contributed by atoms with E-state index in [1.807, 2.05) is 12.1 Å². The first-order valence-electron chi connectivity index (χ1n) is 6.21. The molecule has 0 amide bonds. The first-order chi connectivity index (χ1) is 8.90. The molecule has 2 nitrogen and oxygen atoms in total. The van der Waals surface area contributed by atoms with E-state index in [0.717, 1.165) is 0 Å². The molecule has 1 atom stereocenters. The van der Waals surface area contributed by atoms with Crippen LogP contribution >= 0.6 is 0 Å². The molecule has 0 saturated carbocycles. The predicted molar refractivity (Wildman–Crippen MR) is 75.6 cm³/mol. The van der Waals surface area contributed by atoms with E-state index < -0.39 is 0 Å². The summed E-state index contributed by atoms with van der Waals surface area (Å²) in [6.07, 6.45) is 2.08. The average Bonchev–Trinajstić information content (AvgIpc) is 2.85. The lowest BCUT2D eigenvalue weighted by Gasteiger charge is -2.14. The van der Waals surface area contributed by atoms with Crippen molar-refractivity contribution in [3.8, 4) is 0 Å². The van der Waals surface area contributed by atoms with Gasteiger partial charge >= 0.3 is 0 Å². The van der Waals surface area contributed by atoms with Gasteiger partial charge in [0.1, 0.15) is 0 Å². The van der Waals surface area contributed by atoms with Gasteiger partial charge in [-0.3, -0.25) is 0 Å². The van der Waals surface area contributed by atoms with Crippen LogP contribution in [0.1, 0.15) is 17.0 Å². The number of aromatic amines is 1. The van der Waals surface area contributed by atoms with E-state index >= 15 is 0 Å². The molecular weight excluding hydrogens is 220 g/mol. The molecule has 2 aromatic carbocycles. The van der Waals surface area contributed by atoms with Gasteiger partial charge in [0.2, 0.25) is 0 Å². The molecule has 0 fully saturated rings. The summed E-state index contributed by atoms with van der Waals surface area (Å²) < 4.78 is 0. The zero-order chi connectivity index (χ0) is 12.4. The standard InChI is InChI=1S/C16H16N2/c17-10-14(12-6-2-1-3-7-12)15-11-18-16-9-5-4-8-13(15)16/h1-9,11,14,18H,10,17H2/t14-/m0/s1. The van der Waals surface area contributed by atoms with Gasteiger partial charge in [-0.1, -0.05) is 48.5 Å². The van der Waals surface area contributed by atoms with Crippen LogP contribution in [0.15, 0.2) is 60.8 Å². The van der Waals surface area contributed by atoms with Crippen LogP contribution in [0.3, 0.4) is 0 Å². The second kappa shape index (κ2) is 4.67. The Balaban J connectivity index is 2.12. The molecule has 2 heteroatoms. The molecule has 0 spiro atoms. The molecule has 0 unspecified atom stereocenters. The van der Waals surface area contributed by atoms with E-state index in [9.17, 15) is 0 Å². The van der Waals surface area contributed by atoms with Crippen molar-refractivity contribution in [3.63, 3.8) is 0 Å². The summed E-state index contributed by atoms with van der Waals surface area (Å²) in [5.74, 6) is 0.252. The van der Waals surface area contributed by atoms with Crippen LogP contribution in [-0.4, -0.2) is 11.5 Å². The Morgan fingerprint density at radius 3 is 2.44 bits per heavy atom. The van der Waals surface area contributed by atoms with Crippen molar-refractivity contribution in [3.05, 3.63) is 71.9 Å². The molecule has 3 N–H and O–H groups in total. The summed E-state index contributed by atoms with van der Waals surface area (Å²) >= 11 is 0. The molecular formula is C16H16N2. The van der Waals surface area contributed by atoms with E-state index in [0.29, 0.717) is 6.54 Å². The maximum Gasteiger partial charge on any atom is 0.0457 e. The first kappa shape index (κ1) is 11.1. The van der Waals surface area contributed by atoms with E-state index in [1.54, 1.807) is 0 Å². The van der Waals surface area contributed by atoms with Gasteiger partial charge < -0.3 is 10.7 Å². The van der Waals surface area contributed by atoms with Crippen molar-refractivity contribution in [2.45, 2.75) is 5.92 Å². The second-order valence-corrected chi connectivity index (χ2v) is 4.49. The van der Waals surface area contributed by atoms with Crippen LogP contribution in [-0.2, 0) is 0 Å². The van der Waals surface area contributed by atoms with Crippen molar-refractivity contribution < 1.29 is 0 Å². The lowest BCUT2D eigenvalue weighted by Crippen LogP contribution is -2.13. The Hall–Kier alpha value is -2.06. The number of H-pyrrole nitrogens is 1. The first-order valence-corrected chi connectivity index (χ1v) is 6.21. The van der Waals surface area contributed by atoms with Crippen molar-refractivity contribution in [2.24, 2.45) is 5.73 Å². The highest BCUT2D eigenvalue weighted by molar-refractivity contribution is 5.84. The van der Waals surface area contributed by atoms with Crippen molar-refractivity contribution in [1.29, 1.82) is 0 Å². The number of rotatable bonds is 3. The fourth-order valence-corrected chi connectivity index (χ4v) is 2.51. The number of hydrogen-bond acceptors (Lipinski definition) is 1. The lowest BCUT2D eigenvalue weighted by molar-refractivity contribution is 0.825. The van der Waals surface area contributed by atoms with Gasteiger partial charge in [0.05, 0.1) is 0 Å². The Bertz CT molecular complexity index is 640. The third kappa shape index (κ3) is 1.81. The van der Waals surface area contributed by atoms with E-state index in [-0.39, 0.29) is 5.92 Å². The molecule has 1 aromatic heterocycles. The molecule has 3 aromatic rings. The minimum atomic E-state index is 0.252. The summed E-state index contributed by atoms with van der Waals surface area (Å²) in [4.78, 5) is 3.32. The molecule has 0 radical (unpaired) electrons. The molecule has 1 heterocycles. The van der Waals surface area contributed by atoms with Crippen molar-refractivity contribution in [2.75, 3.05) is 6.54 Å². The van der Waals surface area contributed by atoms with Crippen LogP contribution in [0.4, 0.5) is 0 Å². The molecule has 0 bridgehead atoms. The van der Waals surface area contributed by atoms with E-state index in [1.165, 1.54) is 22.0 Å². The fourth-order valence-electron chi connectivity index (χ4n) is 2.51. The molecule has 3 rings (SSSR count). The van der Waals surface area contributed by atoms with Gasteiger partial charge in [-0.15, -0.1) is 0 Å². The maximum atomic E-state index is 5.97. The number of nitrogens with two attached hydrogens (primary N) is 1.